The van der Waals surface area contributed by atoms with Crippen molar-refractivity contribution in [3.05, 3.63) is 0 Å². The van der Waals surface area contributed by atoms with Crippen molar-refractivity contribution in [2.45, 2.75) is 61.4 Å². The Morgan fingerprint density at radius 3 is 1.36 bits per heavy atom. The number of aliphatic hydroxyl groups excluding tert-OH is 8. The third-order valence-electron chi connectivity index (χ3n) is 3.98. The fourth-order valence-corrected chi connectivity index (χ4v) is 2.57. The summed E-state index contributed by atoms with van der Waals surface area (Å²) < 4.78 is 32.4. The Bertz CT molecular complexity index is 627. The smallest absolute Gasteiger partial charge is 0.822 e. The van der Waals surface area contributed by atoms with Gasteiger partial charge in [-0.25, -0.2) is 0 Å². The SMILES string of the molecule is O=P([O-])([O-])[O-].O=P([O-])([O-])[O-].OC[C@H]1O[C@@H](O[C@H]2[C@H](O)[C@@H](O)[C@@H](O)O[C@@H]2CO)[C@H](O)[C@@H](O)[C@H]1O.[Ca+2].[Ca+2].[Ca+2]. The molecule has 0 aromatic heterocycles. The van der Waals surface area contributed by atoms with Gasteiger partial charge in [0.25, 0.3) is 0 Å². The zero-order chi connectivity index (χ0) is 26.3. The summed E-state index contributed by atoms with van der Waals surface area (Å²) >= 11 is 0. The maximum Gasteiger partial charge on any atom is 2.00 e. The second-order valence-electron chi connectivity index (χ2n) is 6.42. The molecule has 8 N–H and O–H groups in total. The molecule has 0 saturated carbocycles. The summed E-state index contributed by atoms with van der Waals surface area (Å²) in [4.78, 5) is 51.3. The third-order valence-corrected chi connectivity index (χ3v) is 3.98. The molecule has 2 fully saturated rings. The van der Waals surface area contributed by atoms with Crippen molar-refractivity contribution in [1.29, 1.82) is 0 Å². The van der Waals surface area contributed by atoms with E-state index in [1.807, 2.05) is 0 Å². The maximum atomic E-state index is 9.94. The van der Waals surface area contributed by atoms with Gasteiger partial charge in [-0.3, -0.25) is 0 Å². The largest absolute Gasteiger partial charge is 2.00 e. The quantitative estimate of drug-likeness (QED) is 0.103. The Balaban J connectivity index is -0.000000337. The standard InChI is InChI=1S/C12H22O11.3Ca.2H3O4P/c13-1-3-5(15)6(16)9(19)12(22-3)23-10-4(2-14)21-11(20)8(18)7(10)17;;;;2*1-5(2,3)4/h3-20H,1-2H2;;;;2*(H3,1,2,3,4)/q;3*+2;;/p-6/t3-,4-,5+,6+,7-,8-,9-,10-,11+,12+;;;;;/m1...../s1. The number of aliphatic hydroxyl groups is 8. The Morgan fingerprint density at radius 2 is 1.00 bits per heavy atom. The molecule has 36 heavy (non-hydrogen) atoms. The van der Waals surface area contributed by atoms with E-state index in [0.717, 1.165) is 0 Å². The summed E-state index contributed by atoms with van der Waals surface area (Å²) in [6.07, 6.45) is -15.6. The number of hydrogen-bond donors (Lipinski definition) is 8. The minimum absolute atomic E-state index is 0. The van der Waals surface area contributed by atoms with Gasteiger partial charge in [0, 0.05) is 0 Å². The first-order valence-electron chi connectivity index (χ1n) is 8.54. The van der Waals surface area contributed by atoms with Crippen molar-refractivity contribution in [3.63, 3.8) is 0 Å². The van der Waals surface area contributed by atoms with E-state index in [1.165, 1.54) is 0 Å². The molecule has 2 aliphatic heterocycles. The van der Waals surface area contributed by atoms with Gasteiger partial charge in [0.05, 0.1) is 13.2 Å². The molecule has 0 aromatic carbocycles. The second kappa shape index (κ2) is 21.3. The Morgan fingerprint density at radius 1 is 0.611 bits per heavy atom. The van der Waals surface area contributed by atoms with Crippen LogP contribution in [0.4, 0.5) is 0 Å². The van der Waals surface area contributed by atoms with Crippen LogP contribution in [0.3, 0.4) is 0 Å². The van der Waals surface area contributed by atoms with Crippen LogP contribution in [-0.4, -0.2) is 229 Å². The molecule has 0 amide bonds. The van der Waals surface area contributed by atoms with Crippen molar-refractivity contribution in [3.8, 4) is 0 Å². The van der Waals surface area contributed by atoms with E-state index in [4.69, 9.17) is 57.8 Å². The maximum absolute atomic E-state index is 9.94. The van der Waals surface area contributed by atoms with Crippen LogP contribution >= 0.6 is 15.6 Å². The molecular weight excluding hydrogens is 630 g/mol. The van der Waals surface area contributed by atoms with Crippen LogP contribution in [0, 0.1) is 0 Å². The minimum atomic E-state index is -5.39. The van der Waals surface area contributed by atoms with E-state index in [2.05, 4.69) is 0 Å². The number of hydrogen-bond acceptors (Lipinski definition) is 19. The van der Waals surface area contributed by atoms with Gasteiger partial charge in [-0.2, -0.15) is 15.6 Å². The molecule has 24 heteroatoms. The molecule has 19 nitrogen and oxygen atoms in total. The van der Waals surface area contributed by atoms with Gasteiger partial charge in [-0.15, -0.1) is 0 Å². The van der Waals surface area contributed by atoms with Crippen LogP contribution in [0.25, 0.3) is 0 Å². The molecule has 0 bridgehead atoms. The van der Waals surface area contributed by atoms with E-state index in [9.17, 15) is 35.7 Å². The third kappa shape index (κ3) is 18.9. The van der Waals surface area contributed by atoms with Crippen LogP contribution < -0.4 is 29.4 Å². The molecule has 0 unspecified atom stereocenters. The van der Waals surface area contributed by atoms with Gasteiger partial charge < -0.3 is 93.6 Å². The topological polar surface area (TPSA) is 362 Å². The monoisotopic (exact) mass is 652 g/mol. The van der Waals surface area contributed by atoms with E-state index < -0.39 is 90.3 Å². The van der Waals surface area contributed by atoms with Crippen LogP contribution in [-0.2, 0) is 23.3 Å². The average molecular weight is 652 g/mol. The van der Waals surface area contributed by atoms with Crippen molar-refractivity contribution < 1.29 is 93.6 Å². The van der Waals surface area contributed by atoms with E-state index in [1.54, 1.807) is 0 Å². The summed E-state index contributed by atoms with van der Waals surface area (Å²) in [5.41, 5.74) is 0. The van der Waals surface area contributed by atoms with Gasteiger partial charge in [-0.05, 0) is 0 Å². The van der Waals surface area contributed by atoms with Crippen molar-refractivity contribution in [1.82, 2.24) is 0 Å². The summed E-state index contributed by atoms with van der Waals surface area (Å²) in [7, 11) is -10.8. The van der Waals surface area contributed by atoms with E-state index >= 15 is 0 Å². The molecule has 2 rings (SSSR count). The van der Waals surface area contributed by atoms with Crippen molar-refractivity contribution in [2.75, 3.05) is 13.2 Å². The Hall–Kier alpha value is 3.56. The first-order chi connectivity index (χ1) is 14.8. The molecule has 0 aliphatic carbocycles. The molecule has 0 radical (unpaired) electrons. The van der Waals surface area contributed by atoms with Crippen LogP contribution in [0.1, 0.15) is 0 Å². The summed E-state index contributed by atoms with van der Waals surface area (Å²) in [6.45, 7) is -1.35. The second-order valence-corrected chi connectivity index (χ2v) is 8.21. The van der Waals surface area contributed by atoms with Gasteiger partial charge in [0.15, 0.2) is 12.6 Å². The fraction of sp³-hybridized carbons (Fsp3) is 1.00. The fourth-order valence-electron chi connectivity index (χ4n) is 2.57. The number of phosphoric acid groups is 2. The summed E-state index contributed by atoms with van der Waals surface area (Å²) in [5, 5.41) is 76.5. The zero-order valence-corrected chi connectivity index (χ0v) is 26.7. The first kappa shape index (κ1) is 46.5. The summed E-state index contributed by atoms with van der Waals surface area (Å²) in [5.74, 6) is 0. The van der Waals surface area contributed by atoms with Crippen molar-refractivity contribution >= 4 is 129 Å². The molecule has 10 atom stereocenters. The molecule has 200 valence electrons. The molecule has 2 saturated heterocycles. The predicted octanol–water partition coefficient (Wildman–Crippen LogP) is -12.2. The number of rotatable bonds is 4. The van der Waals surface area contributed by atoms with Crippen LogP contribution in [0.15, 0.2) is 0 Å². The normalized spacial score (nSPS) is 36.3. The number of ether oxygens (including phenoxy) is 3. The molecular formula is C12H22Ca3O19P2. The molecule has 2 aliphatic rings. The summed E-state index contributed by atoms with van der Waals surface area (Å²) in [6, 6.07) is 0. The van der Waals surface area contributed by atoms with Crippen LogP contribution in [0.5, 0.6) is 0 Å². The Labute approximate surface area is 293 Å². The molecule has 2 heterocycles. The van der Waals surface area contributed by atoms with E-state index in [0.29, 0.717) is 0 Å². The minimum Gasteiger partial charge on any atom is -0.822 e. The average Bonchev–Trinajstić information content (AvgIpc) is 2.65. The zero-order valence-electron chi connectivity index (χ0n) is 18.3. The predicted molar refractivity (Wildman–Crippen MR) is 101 cm³/mol. The first-order valence-corrected chi connectivity index (χ1v) is 11.5. The van der Waals surface area contributed by atoms with Gasteiger partial charge in [0.2, 0.25) is 0 Å². The van der Waals surface area contributed by atoms with Gasteiger partial charge in [0.1, 0.15) is 48.8 Å². The van der Waals surface area contributed by atoms with Gasteiger partial charge >= 0.3 is 113 Å². The Kier molecular flexibility index (Phi) is 27.5. The molecule has 0 spiro atoms. The van der Waals surface area contributed by atoms with E-state index in [-0.39, 0.29) is 113 Å². The molecule has 0 aromatic rings. The van der Waals surface area contributed by atoms with Crippen LogP contribution in [0.2, 0.25) is 0 Å². The van der Waals surface area contributed by atoms with Gasteiger partial charge in [-0.1, -0.05) is 0 Å². The van der Waals surface area contributed by atoms with Crippen molar-refractivity contribution in [2.24, 2.45) is 0 Å².